The molecule has 5 rings (SSSR count). The Bertz CT molecular complexity index is 1330. The van der Waals surface area contributed by atoms with Crippen LogP contribution >= 0.6 is 0 Å². The van der Waals surface area contributed by atoms with Crippen molar-refractivity contribution in [2.24, 2.45) is 0 Å². The molecule has 0 spiro atoms. The quantitative estimate of drug-likeness (QED) is 0.288. The van der Waals surface area contributed by atoms with Crippen molar-refractivity contribution in [3.63, 3.8) is 0 Å². The van der Waals surface area contributed by atoms with Gasteiger partial charge in [0.25, 0.3) is 0 Å². The molecule has 1 aliphatic heterocycles. The summed E-state index contributed by atoms with van der Waals surface area (Å²) in [6.07, 6.45) is 3.63. The highest BCUT2D eigenvalue weighted by Crippen LogP contribution is 2.44. The van der Waals surface area contributed by atoms with Gasteiger partial charge in [0.1, 0.15) is 34.9 Å². The number of halogens is 1. The third-order valence-electron chi connectivity index (χ3n) is 7.43. The molecule has 0 unspecified atom stereocenters. The lowest BCUT2D eigenvalue weighted by atomic mass is 9.98. The van der Waals surface area contributed by atoms with Crippen LogP contribution in [0.3, 0.4) is 0 Å². The van der Waals surface area contributed by atoms with Crippen molar-refractivity contribution in [3.8, 4) is 23.0 Å². The van der Waals surface area contributed by atoms with Gasteiger partial charge >= 0.3 is 5.97 Å². The minimum absolute atomic E-state index is 0.0485. The molecule has 7 heteroatoms. The topological polar surface area (TPSA) is 74.2 Å². The fourth-order valence-electron chi connectivity index (χ4n) is 5.38. The maximum absolute atomic E-state index is 15.0. The number of ether oxygens (including phenoxy) is 4. The summed E-state index contributed by atoms with van der Waals surface area (Å²) in [5.74, 6) is 1.97. The highest BCUT2D eigenvalue weighted by atomic mass is 19.1. The van der Waals surface area contributed by atoms with Crippen LogP contribution in [-0.2, 0) is 22.4 Å². The van der Waals surface area contributed by atoms with Crippen molar-refractivity contribution in [1.82, 2.24) is 0 Å². The molecule has 206 valence electrons. The Labute approximate surface area is 228 Å². The van der Waals surface area contributed by atoms with Crippen LogP contribution in [0.15, 0.2) is 54.6 Å². The number of fused-ring (bicyclic) bond motifs is 2. The number of carbonyl (C=O) groups excluding carboxylic acids is 1. The Morgan fingerprint density at radius 1 is 1.10 bits per heavy atom. The van der Waals surface area contributed by atoms with Gasteiger partial charge in [-0.3, -0.25) is 4.79 Å². The molecule has 0 bridgehead atoms. The second-order valence-corrected chi connectivity index (χ2v) is 11.0. The normalized spacial score (nSPS) is 17.8. The van der Waals surface area contributed by atoms with Gasteiger partial charge in [-0.05, 0) is 81.8 Å². The number of carbonyl (C=O) groups is 1. The Hall–Kier alpha value is -3.58. The summed E-state index contributed by atoms with van der Waals surface area (Å²) in [7, 11) is 1.38. The fraction of sp³-hybridized carbons (Fsp3) is 0.406. The van der Waals surface area contributed by atoms with Crippen LogP contribution < -0.4 is 14.2 Å². The number of hydrogen-bond donors (Lipinski definition) is 1. The number of hydrogen-bond acceptors (Lipinski definition) is 6. The minimum Gasteiger partial charge on any atom is -0.492 e. The Morgan fingerprint density at radius 3 is 2.62 bits per heavy atom. The highest BCUT2D eigenvalue weighted by molar-refractivity contribution is 5.71. The molecule has 0 amide bonds. The molecule has 0 saturated carbocycles. The molecule has 0 saturated heterocycles. The van der Waals surface area contributed by atoms with Gasteiger partial charge in [0, 0.05) is 28.7 Å². The summed E-state index contributed by atoms with van der Waals surface area (Å²) in [5, 5.41) is 9.91. The molecule has 0 fully saturated rings. The van der Waals surface area contributed by atoms with E-state index >= 15 is 4.39 Å². The first-order chi connectivity index (χ1) is 18.7. The van der Waals surface area contributed by atoms with Gasteiger partial charge in [0.05, 0.1) is 25.7 Å². The van der Waals surface area contributed by atoms with Crippen molar-refractivity contribution in [2.75, 3.05) is 13.7 Å². The van der Waals surface area contributed by atoms with Crippen molar-refractivity contribution >= 4 is 5.97 Å². The van der Waals surface area contributed by atoms with E-state index in [2.05, 4.69) is 0 Å². The number of rotatable bonds is 10. The summed E-state index contributed by atoms with van der Waals surface area (Å²) < 4.78 is 38.0. The molecule has 0 radical (unpaired) electrons. The molecule has 1 N–H and O–H groups in total. The summed E-state index contributed by atoms with van der Waals surface area (Å²) in [6, 6.07) is 16.6. The van der Waals surface area contributed by atoms with Crippen molar-refractivity contribution in [1.29, 1.82) is 0 Å². The Kier molecular flexibility index (Phi) is 7.80. The van der Waals surface area contributed by atoms with Gasteiger partial charge in [-0.15, -0.1) is 0 Å². The molecule has 1 heterocycles. The van der Waals surface area contributed by atoms with Crippen LogP contribution in [0.25, 0.3) is 0 Å². The van der Waals surface area contributed by atoms with Crippen LogP contribution in [0.5, 0.6) is 23.0 Å². The van der Waals surface area contributed by atoms with Crippen LogP contribution in [0.2, 0.25) is 0 Å². The summed E-state index contributed by atoms with van der Waals surface area (Å²) in [6.45, 7) is 4.06. The van der Waals surface area contributed by atoms with E-state index in [1.165, 1.54) is 18.7 Å². The first-order valence-corrected chi connectivity index (χ1v) is 13.5. The first kappa shape index (κ1) is 27.0. The average Bonchev–Trinajstić information content (AvgIpc) is 3.50. The van der Waals surface area contributed by atoms with E-state index in [4.69, 9.17) is 18.9 Å². The van der Waals surface area contributed by atoms with E-state index in [1.54, 1.807) is 6.07 Å². The molecule has 2 atom stereocenters. The number of benzene rings is 3. The highest BCUT2D eigenvalue weighted by Gasteiger charge is 2.32. The first-order valence-electron chi connectivity index (χ1n) is 13.5. The van der Waals surface area contributed by atoms with Crippen LogP contribution in [0.1, 0.15) is 73.8 Å². The number of esters is 1. The van der Waals surface area contributed by atoms with Gasteiger partial charge in [-0.2, -0.15) is 0 Å². The summed E-state index contributed by atoms with van der Waals surface area (Å²) in [5.41, 5.74) is 2.83. The Morgan fingerprint density at radius 2 is 1.87 bits per heavy atom. The monoisotopic (exact) mass is 534 g/mol. The van der Waals surface area contributed by atoms with E-state index in [9.17, 15) is 9.90 Å². The third kappa shape index (κ3) is 6.36. The zero-order valence-corrected chi connectivity index (χ0v) is 22.7. The lowest BCUT2D eigenvalue weighted by molar-refractivity contribution is -0.141. The van der Waals surface area contributed by atoms with E-state index < -0.39 is 11.7 Å². The molecule has 39 heavy (non-hydrogen) atoms. The maximum atomic E-state index is 15.0. The van der Waals surface area contributed by atoms with Crippen molar-refractivity contribution < 1.29 is 33.2 Å². The molecule has 6 nitrogen and oxygen atoms in total. The molecular weight excluding hydrogens is 499 g/mol. The zero-order valence-electron chi connectivity index (χ0n) is 22.7. The van der Waals surface area contributed by atoms with Crippen molar-refractivity contribution in [2.45, 2.75) is 70.0 Å². The fourth-order valence-corrected chi connectivity index (χ4v) is 5.38. The van der Waals surface area contributed by atoms with E-state index in [0.29, 0.717) is 48.0 Å². The van der Waals surface area contributed by atoms with Crippen LogP contribution in [-0.4, -0.2) is 30.4 Å². The minimum atomic E-state index is -0.656. The largest absolute Gasteiger partial charge is 0.492 e. The molecular formula is C32H35FO6. The third-order valence-corrected chi connectivity index (χ3v) is 7.43. The summed E-state index contributed by atoms with van der Waals surface area (Å²) >= 11 is 0. The standard InChI is InChI=1S/C32H35FO6/c1-32(2,35)16-4-5-20-6-8-22(9-7-20)38-27-15-13-26(33)31-25(27)12-14-28(31)39-23-10-11-24-21(17-30(34)36-3)19-37-29(24)18-23/h6-11,13,15,18,21,28,35H,4-5,12,14,16-17,19H2,1-3H3/t21-,28-/m1/s1. The van der Waals surface area contributed by atoms with Crippen molar-refractivity contribution in [3.05, 3.63) is 82.7 Å². The SMILES string of the molecule is COC(=O)C[C@@H]1COc2cc(O[C@@H]3CCc4c(Oc5ccc(CCCC(C)(C)O)cc5)ccc(F)c43)ccc21. The lowest BCUT2D eigenvalue weighted by Crippen LogP contribution is -2.18. The zero-order chi connectivity index (χ0) is 27.6. The second kappa shape index (κ2) is 11.3. The molecule has 0 aromatic heterocycles. The van der Waals surface area contributed by atoms with Gasteiger partial charge in [0.2, 0.25) is 0 Å². The van der Waals surface area contributed by atoms with Crippen LogP contribution in [0, 0.1) is 5.82 Å². The predicted molar refractivity (Wildman–Crippen MR) is 145 cm³/mol. The van der Waals surface area contributed by atoms with E-state index in [1.807, 2.05) is 56.3 Å². The number of aliphatic hydroxyl groups is 1. The van der Waals surface area contributed by atoms with E-state index in [-0.39, 0.29) is 24.1 Å². The Balaban J connectivity index is 1.26. The van der Waals surface area contributed by atoms with Gasteiger partial charge in [-0.1, -0.05) is 18.2 Å². The second-order valence-electron chi connectivity index (χ2n) is 11.0. The van der Waals surface area contributed by atoms with Gasteiger partial charge in [0.15, 0.2) is 0 Å². The van der Waals surface area contributed by atoms with Crippen LogP contribution in [0.4, 0.5) is 4.39 Å². The molecule has 3 aromatic rings. The summed E-state index contributed by atoms with van der Waals surface area (Å²) in [4.78, 5) is 11.7. The molecule has 3 aromatic carbocycles. The lowest BCUT2D eigenvalue weighted by Gasteiger charge is -2.17. The van der Waals surface area contributed by atoms with Gasteiger partial charge < -0.3 is 24.1 Å². The molecule has 2 aliphatic rings. The van der Waals surface area contributed by atoms with Gasteiger partial charge in [-0.25, -0.2) is 4.39 Å². The number of methoxy groups -OCH3 is 1. The molecule has 1 aliphatic carbocycles. The number of aryl methyl sites for hydroxylation is 1. The van der Waals surface area contributed by atoms with E-state index in [0.717, 1.165) is 30.4 Å². The smallest absolute Gasteiger partial charge is 0.306 e. The predicted octanol–water partition coefficient (Wildman–Crippen LogP) is 6.82. The average molecular weight is 535 g/mol. The maximum Gasteiger partial charge on any atom is 0.306 e.